The van der Waals surface area contributed by atoms with E-state index in [0.29, 0.717) is 11.8 Å². The van der Waals surface area contributed by atoms with Crippen molar-refractivity contribution >= 4 is 5.91 Å². The lowest BCUT2D eigenvalue weighted by Crippen LogP contribution is -2.33. The SMILES string of the molecule is CCCCCCCCCCCCCCN(CCCCCCCCCCCC)C(=O)CC(C)C. The zero-order chi connectivity index (χ0) is 24.4. The maximum absolute atomic E-state index is 12.7. The highest BCUT2D eigenvalue weighted by Crippen LogP contribution is 2.14. The third kappa shape index (κ3) is 24.4. The van der Waals surface area contributed by atoms with E-state index in [-0.39, 0.29) is 0 Å². The van der Waals surface area contributed by atoms with Crippen molar-refractivity contribution in [2.24, 2.45) is 5.92 Å². The Morgan fingerprint density at radius 1 is 0.485 bits per heavy atom. The second-order valence-electron chi connectivity index (χ2n) is 11.0. The summed E-state index contributed by atoms with van der Waals surface area (Å²) < 4.78 is 0. The molecular weight excluding hydrogens is 402 g/mol. The molecule has 0 atom stereocenters. The van der Waals surface area contributed by atoms with Crippen LogP contribution < -0.4 is 0 Å². The minimum Gasteiger partial charge on any atom is -0.343 e. The summed E-state index contributed by atoms with van der Waals surface area (Å²) in [6, 6.07) is 0. The standard InChI is InChI=1S/C31H63NO/c1-5-7-9-11-13-15-17-18-20-22-24-26-28-32(31(33)29-30(3)4)27-25-23-21-19-16-14-12-10-8-6-2/h30H,5-29H2,1-4H3. The van der Waals surface area contributed by atoms with Gasteiger partial charge in [0.25, 0.3) is 0 Å². The molecule has 0 heterocycles. The van der Waals surface area contributed by atoms with Crippen molar-refractivity contribution in [2.45, 2.75) is 175 Å². The van der Waals surface area contributed by atoms with Gasteiger partial charge in [-0.2, -0.15) is 0 Å². The summed E-state index contributed by atoms with van der Waals surface area (Å²) in [5, 5.41) is 0. The molecular formula is C31H63NO. The first-order chi connectivity index (χ1) is 16.1. The van der Waals surface area contributed by atoms with E-state index in [1.54, 1.807) is 0 Å². The first-order valence-corrected chi connectivity index (χ1v) is 15.4. The van der Waals surface area contributed by atoms with Crippen LogP contribution >= 0.6 is 0 Å². The minimum absolute atomic E-state index is 0.393. The molecule has 0 spiro atoms. The first-order valence-electron chi connectivity index (χ1n) is 15.4. The maximum atomic E-state index is 12.7. The van der Waals surface area contributed by atoms with Gasteiger partial charge in [-0.1, -0.05) is 156 Å². The molecule has 0 aliphatic heterocycles. The minimum atomic E-state index is 0.393. The highest BCUT2D eigenvalue weighted by atomic mass is 16.2. The van der Waals surface area contributed by atoms with Gasteiger partial charge in [0.15, 0.2) is 0 Å². The normalized spacial score (nSPS) is 11.4. The highest BCUT2D eigenvalue weighted by Gasteiger charge is 2.14. The van der Waals surface area contributed by atoms with E-state index in [9.17, 15) is 4.79 Å². The molecule has 33 heavy (non-hydrogen) atoms. The lowest BCUT2D eigenvalue weighted by Gasteiger charge is -2.24. The molecule has 0 aliphatic carbocycles. The van der Waals surface area contributed by atoms with Crippen LogP contribution in [-0.4, -0.2) is 23.9 Å². The van der Waals surface area contributed by atoms with Crippen LogP contribution in [0.5, 0.6) is 0 Å². The average molecular weight is 466 g/mol. The molecule has 198 valence electrons. The van der Waals surface area contributed by atoms with Gasteiger partial charge >= 0.3 is 0 Å². The smallest absolute Gasteiger partial charge is 0.222 e. The Kier molecular flexibility index (Phi) is 25.7. The van der Waals surface area contributed by atoms with Crippen LogP contribution in [0.2, 0.25) is 0 Å². The molecule has 0 aromatic heterocycles. The number of carbonyl (C=O) groups is 1. The zero-order valence-corrected chi connectivity index (χ0v) is 23.6. The predicted molar refractivity (Wildman–Crippen MR) is 149 cm³/mol. The second kappa shape index (κ2) is 26.1. The fourth-order valence-electron chi connectivity index (χ4n) is 4.77. The van der Waals surface area contributed by atoms with Crippen molar-refractivity contribution < 1.29 is 4.79 Å². The number of carbonyl (C=O) groups excluding carboxylic acids is 1. The molecule has 0 saturated heterocycles. The summed E-state index contributed by atoms with van der Waals surface area (Å²) in [5.74, 6) is 0.860. The van der Waals surface area contributed by atoms with Crippen molar-refractivity contribution in [1.29, 1.82) is 0 Å². The lowest BCUT2D eigenvalue weighted by molar-refractivity contribution is -0.132. The van der Waals surface area contributed by atoms with Crippen molar-refractivity contribution in [2.75, 3.05) is 13.1 Å². The highest BCUT2D eigenvalue weighted by molar-refractivity contribution is 5.76. The zero-order valence-electron chi connectivity index (χ0n) is 23.6. The molecule has 2 heteroatoms. The van der Waals surface area contributed by atoms with Gasteiger partial charge in [-0.15, -0.1) is 0 Å². The van der Waals surface area contributed by atoms with E-state index in [0.717, 1.165) is 19.5 Å². The Hall–Kier alpha value is -0.530. The van der Waals surface area contributed by atoms with Gasteiger partial charge in [0, 0.05) is 19.5 Å². The van der Waals surface area contributed by atoms with E-state index < -0.39 is 0 Å². The summed E-state index contributed by atoms with van der Waals surface area (Å²) in [5.41, 5.74) is 0. The number of hydrogen-bond donors (Lipinski definition) is 0. The Balaban J connectivity index is 3.79. The van der Waals surface area contributed by atoms with Gasteiger partial charge in [-0.3, -0.25) is 4.79 Å². The van der Waals surface area contributed by atoms with Crippen LogP contribution in [0.1, 0.15) is 175 Å². The Labute approximate surface area is 210 Å². The third-order valence-electron chi connectivity index (χ3n) is 7.00. The largest absolute Gasteiger partial charge is 0.343 e. The molecule has 0 rings (SSSR count). The molecule has 0 fully saturated rings. The molecule has 2 nitrogen and oxygen atoms in total. The average Bonchev–Trinajstić information content (AvgIpc) is 2.79. The van der Waals surface area contributed by atoms with Gasteiger partial charge in [-0.25, -0.2) is 0 Å². The number of hydrogen-bond acceptors (Lipinski definition) is 1. The lowest BCUT2D eigenvalue weighted by atomic mass is 10.0. The van der Waals surface area contributed by atoms with E-state index in [1.807, 2.05) is 0 Å². The fourth-order valence-corrected chi connectivity index (χ4v) is 4.77. The number of amides is 1. The molecule has 0 radical (unpaired) electrons. The monoisotopic (exact) mass is 465 g/mol. The number of nitrogens with zero attached hydrogens (tertiary/aromatic N) is 1. The van der Waals surface area contributed by atoms with Gasteiger partial charge in [-0.05, 0) is 18.8 Å². The molecule has 0 N–H and O–H groups in total. The van der Waals surface area contributed by atoms with Gasteiger partial charge in [0.1, 0.15) is 0 Å². The Bertz CT molecular complexity index is 392. The fraction of sp³-hybridized carbons (Fsp3) is 0.968. The van der Waals surface area contributed by atoms with Crippen molar-refractivity contribution in [3.8, 4) is 0 Å². The van der Waals surface area contributed by atoms with E-state index >= 15 is 0 Å². The van der Waals surface area contributed by atoms with Crippen molar-refractivity contribution in [3.63, 3.8) is 0 Å². The van der Waals surface area contributed by atoms with Crippen molar-refractivity contribution in [3.05, 3.63) is 0 Å². The van der Waals surface area contributed by atoms with Gasteiger partial charge in [0.05, 0.1) is 0 Å². The van der Waals surface area contributed by atoms with Crippen LogP contribution in [0.3, 0.4) is 0 Å². The summed E-state index contributed by atoms with van der Waals surface area (Å²) in [6.45, 7) is 10.9. The summed E-state index contributed by atoms with van der Waals surface area (Å²) in [4.78, 5) is 14.9. The maximum Gasteiger partial charge on any atom is 0.222 e. The van der Waals surface area contributed by atoms with Crippen LogP contribution in [0.4, 0.5) is 0 Å². The van der Waals surface area contributed by atoms with E-state index in [4.69, 9.17) is 0 Å². The second-order valence-corrected chi connectivity index (χ2v) is 11.0. The summed E-state index contributed by atoms with van der Waals surface area (Å²) in [6.07, 6.45) is 30.9. The molecule has 0 aliphatic rings. The first kappa shape index (κ1) is 32.5. The van der Waals surface area contributed by atoms with Crippen LogP contribution in [-0.2, 0) is 4.79 Å². The predicted octanol–water partition coefficient (Wildman–Crippen LogP) is 10.5. The molecule has 0 saturated carbocycles. The van der Waals surface area contributed by atoms with Crippen molar-refractivity contribution in [1.82, 2.24) is 4.90 Å². The number of rotatable bonds is 26. The van der Waals surface area contributed by atoms with Crippen LogP contribution in [0.15, 0.2) is 0 Å². The summed E-state index contributed by atoms with van der Waals surface area (Å²) >= 11 is 0. The molecule has 0 aromatic rings. The Morgan fingerprint density at radius 3 is 1.03 bits per heavy atom. The topological polar surface area (TPSA) is 20.3 Å². The van der Waals surface area contributed by atoms with E-state index in [2.05, 4.69) is 32.6 Å². The summed E-state index contributed by atoms with van der Waals surface area (Å²) in [7, 11) is 0. The number of unbranched alkanes of at least 4 members (excludes halogenated alkanes) is 20. The molecule has 1 amide bonds. The third-order valence-corrected chi connectivity index (χ3v) is 7.00. The molecule has 0 unspecified atom stereocenters. The molecule has 0 aromatic carbocycles. The Morgan fingerprint density at radius 2 is 0.758 bits per heavy atom. The quantitative estimate of drug-likeness (QED) is 0.116. The van der Waals surface area contributed by atoms with Crippen LogP contribution in [0.25, 0.3) is 0 Å². The van der Waals surface area contributed by atoms with E-state index in [1.165, 1.54) is 141 Å². The van der Waals surface area contributed by atoms with Crippen LogP contribution in [0, 0.1) is 5.92 Å². The molecule has 0 bridgehead atoms. The van der Waals surface area contributed by atoms with Gasteiger partial charge < -0.3 is 4.90 Å². The van der Waals surface area contributed by atoms with Gasteiger partial charge in [0.2, 0.25) is 5.91 Å².